The minimum absolute atomic E-state index is 0.0786. The lowest BCUT2D eigenvalue weighted by Crippen LogP contribution is -2.41. The van der Waals surface area contributed by atoms with Gasteiger partial charge < -0.3 is 10.1 Å². The molecule has 4 heteroatoms. The number of ether oxygens (including phenoxy) is 1. The molecule has 1 N–H and O–H groups in total. The standard InChI is InChI=1S/C15H21F2NO/c1-3-18-14(15-7-4-10(2)19-15)8-11-5-6-12(16)9-13(11)17/h5-6,9-10,14-15,18H,3-4,7-8H2,1-2H3. The zero-order valence-corrected chi connectivity index (χ0v) is 11.5. The Bertz CT molecular complexity index is 425. The van der Waals surface area contributed by atoms with Gasteiger partial charge >= 0.3 is 0 Å². The Hall–Kier alpha value is -1.00. The SMILES string of the molecule is CCNC(Cc1ccc(F)cc1F)C1CCC(C)O1. The van der Waals surface area contributed by atoms with Crippen molar-refractivity contribution in [2.45, 2.75) is 51.4 Å². The van der Waals surface area contributed by atoms with Gasteiger partial charge in [0.1, 0.15) is 11.6 Å². The highest BCUT2D eigenvalue weighted by molar-refractivity contribution is 5.20. The molecule has 1 aliphatic heterocycles. The number of benzene rings is 1. The summed E-state index contributed by atoms with van der Waals surface area (Å²) in [5, 5.41) is 3.35. The van der Waals surface area contributed by atoms with Crippen molar-refractivity contribution in [3.63, 3.8) is 0 Å². The van der Waals surface area contributed by atoms with Crippen molar-refractivity contribution in [1.82, 2.24) is 5.32 Å². The summed E-state index contributed by atoms with van der Waals surface area (Å²) in [6.45, 7) is 4.88. The van der Waals surface area contributed by atoms with Crippen molar-refractivity contribution >= 4 is 0 Å². The first-order chi connectivity index (χ1) is 9.10. The second-order valence-corrected chi connectivity index (χ2v) is 5.17. The smallest absolute Gasteiger partial charge is 0.129 e. The summed E-state index contributed by atoms with van der Waals surface area (Å²) >= 11 is 0. The first-order valence-electron chi connectivity index (χ1n) is 6.93. The van der Waals surface area contributed by atoms with Crippen molar-refractivity contribution in [1.29, 1.82) is 0 Å². The van der Waals surface area contributed by atoms with Crippen LogP contribution in [0.4, 0.5) is 8.78 Å². The van der Waals surface area contributed by atoms with Crippen molar-refractivity contribution in [3.8, 4) is 0 Å². The first kappa shape index (κ1) is 14.4. The minimum Gasteiger partial charge on any atom is -0.374 e. The molecule has 2 nitrogen and oxygen atoms in total. The molecular formula is C15H21F2NO. The third-order valence-electron chi connectivity index (χ3n) is 3.63. The molecule has 0 spiro atoms. The van der Waals surface area contributed by atoms with Crippen LogP contribution < -0.4 is 5.32 Å². The van der Waals surface area contributed by atoms with E-state index in [0.717, 1.165) is 25.5 Å². The summed E-state index contributed by atoms with van der Waals surface area (Å²) in [5.74, 6) is -1.01. The number of halogens is 2. The summed E-state index contributed by atoms with van der Waals surface area (Å²) in [6, 6.07) is 3.85. The maximum Gasteiger partial charge on any atom is 0.129 e. The largest absolute Gasteiger partial charge is 0.374 e. The topological polar surface area (TPSA) is 21.3 Å². The van der Waals surface area contributed by atoms with Gasteiger partial charge in [-0.3, -0.25) is 0 Å². The molecule has 1 aromatic rings. The van der Waals surface area contributed by atoms with Crippen LogP contribution in [0.25, 0.3) is 0 Å². The molecule has 3 unspecified atom stereocenters. The van der Waals surface area contributed by atoms with Crippen LogP contribution in [-0.2, 0) is 11.2 Å². The van der Waals surface area contributed by atoms with E-state index >= 15 is 0 Å². The van der Waals surface area contributed by atoms with Crippen LogP contribution in [0.2, 0.25) is 0 Å². The highest BCUT2D eigenvalue weighted by Crippen LogP contribution is 2.24. The van der Waals surface area contributed by atoms with Crippen molar-refractivity contribution in [3.05, 3.63) is 35.4 Å². The van der Waals surface area contributed by atoms with Crippen molar-refractivity contribution in [2.24, 2.45) is 0 Å². The predicted molar refractivity (Wildman–Crippen MR) is 71.1 cm³/mol. The van der Waals surface area contributed by atoms with E-state index in [4.69, 9.17) is 4.74 Å². The lowest BCUT2D eigenvalue weighted by atomic mass is 9.98. The number of likely N-dealkylation sites (N-methyl/N-ethyl adjacent to an activating group) is 1. The normalized spacial score (nSPS) is 24.6. The molecule has 3 atom stereocenters. The lowest BCUT2D eigenvalue weighted by Gasteiger charge is -2.24. The zero-order chi connectivity index (χ0) is 13.8. The number of hydrogen-bond donors (Lipinski definition) is 1. The number of rotatable bonds is 5. The Labute approximate surface area is 113 Å². The summed E-state index contributed by atoms with van der Waals surface area (Å²) in [7, 11) is 0. The predicted octanol–water partition coefficient (Wildman–Crippen LogP) is 3.05. The minimum atomic E-state index is -0.535. The molecule has 1 saturated heterocycles. The highest BCUT2D eigenvalue weighted by Gasteiger charge is 2.29. The van der Waals surface area contributed by atoms with E-state index in [1.54, 1.807) is 0 Å². The molecule has 0 aromatic heterocycles. The molecule has 19 heavy (non-hydrogen) atoms. The van der Waals surface area contributed by atoms with Gasteiger partial charge in [-0.25, -0.2) is 8.78 Å². The molecule has 1 aliphatic rings. The van der Waals surface area contributed by atoms with Crippen LogP contribution in [0.15, 0.2) is 18.2 Å². The van der Waals surface area contributed by atoms with Gasteiger partial charge in [0.2, 0.25) is 0 Å². The molecule has 106 valence electrons. The van der Waals surface area contributed by atoms with E-state index in [-0.39, 0.29) is 18.2 Å². The Morgan fingerprint density at radius 1 is 1.37 bits per heavy atom. The fourth-order valence-corrected chi connectivity index (χ4v) is 2.65. The van der Waals surface area contributed by atoms with Gasteiger partial charge in [-0.15, -0.1) is 0 Å². The molecule has 1 fully saturated rings. The molecule has 1 heterocycles. The summed E-state index contributed by atoms with van der Waals surface area (Å²) in [5.41, 5.74) is 0.538. The van der Waals surface area contributed by atoms with E-state index in [1.807, 2.05) is 6.92 Å². The second kappa shape index (κ2) is 6.44. The van der Waals surface area contributed by atoms with Gasteiger partial charge in [0.25, 0.3) is 0 Å². The molecule has 0 radical (unpaired) electrons. The maximum atomic E-state index is 13.7. The van der Waals surface area contributed by atoms with Gasteiger partial charge in [0, 0.05) is 12.1 Å². The van der Waals surface area contributed by atoms with E-state index in [9.17, 15) is 8.78 Å². The van der Waals surface area contributed by atoms with Gasteiger partial charge in [-0.05, 0) is 44.4 Å². The van der Waals surface area contributed by atoms with E-state index in [2.05, 4.69) is 12.2 Å². The van der Waals surface area contributed by atoms with Gasteiger partial charge in [0.15, 0.2) is 0 Å². The van der Waals surface area contributed by atoms with Crippen LogP contribution in [0.3, 0.4) is 0 Å². The molecule has 0 saturated carbocycles. The Morgan fingerprint density at radius 2 is 2.16 bits per heavy atom. The lowest BCUT2D eigenvalue weighted by molar-refractivity contribution is 0.0322. The van der Waals surface area contributed by atoms with Gasteiger partial charge in [-0.1, -0.05) is 13.0 Å². The fraction of sp³-hybridized carbons (Fsp3) is 0.600. The third kappa shape index (κ3) is 3.74. The average Bonchev–Trinajstić information content (AvgIpc) is 2.78. The Balaban J connectivity index is 2.07. The first-order valence-corrected chi connectivity index (χ1v) is 6.93. The molecule has 2 rings (SSSR count). The molecule has 1 aromatic carbocycles. The Morgan fingerprint density at radius 3 is 2.74 bits per heavy atom. The van der Waals surface area contributed by atoms with Gasteiger partial charge in [0.05, 0.1) is 12.2 Å². The maximum absolute atomic E-state index is 13.7. The fourth-order valence-electron chi connectivity index (χ4n) is 2.65. The molecule has 0 amide bonds. The van der Waals surface area contributed by atoms with Crippen LogP contribution >= 0.6 is 0 Å². The number of nitrogens with one attached hydrogen (secondary N) is 1. The molecule has 0 bridgehead atoms. The Kier molecular flexibility index (Phi) is 4.88. The average molecular weight is 269 g/mol. The number of hydrogen-bond acceptors (Lipinski definition) is 2. The van der Waals surface area contributed by atoms with Crippen LogP contribution in [0.1, 0.15) is 32.3 Å². The quantitative estimate of drug-likeness (QED) is 0.887. The van der Waals surface area contributed by atoms with Crippen molar-refractivity contribution in [2.75, 3.05) is 6.54 Å². The zero-order valence-electron chi connectivity index (χ0n) is 11.5. The van der Waals surface area contributed by atoms with E-state index < -0.39 is 11.6 Å². The van der Waals surface area contributed by atoms with Crippen molar-refractivity contribution < 1.29 is 13.5 Å². The van der Waals surface area contributed by atoms with Crippen LogP contribution in [0.5, 0.6) is 0 Å². The van der Waals surface area contributed by atoms with E-state index in [1.165, 1.54) is 12.1 Å². The second-order valence-electron chi connectivity index (χ2n) is 5.17. The molecule has 0 aliphatic carbocycles. The summed E-state index contributed by atoms with van der Waals surface area (Å²) < 4.78 is 32.5. The summed E-state index contributed by atoms with van der Waals surface area (Å²) in [4.78, 5) is 0. The highest BCUT2D eigenvalue weighted by atomic mass is 19.1. The van der Waals surface area contributed by atoms with E-state index in [0.29, 0.717) is 12.0 Å². The van der Waals surface area contributed by atoms with Crippen LogP contribution in [-0.4, -0.2) is 24.8 Å². The molecular weight excluding hydrogens is 248 g/mol. The van der Waals surface area contributed by atoms with Crippen LogP contribution in [0, 0.1) is 11.6 Å². The van der Waals surface area contributed by atoms with Gasteiger partial charge in [-0.2, -0.15) is 0 Å². The third-order valence-corrected chi connectivity index (χ3v) is 3.63. The monoisotopic (exact) mass is 269 g/mol. The summed E-state index contributed by atoms with van der Waals surface area (Å²) in [6.07, 6.45) is 2.93.